The second-order valence-electron chi connectivity index (χ2n) is 6.92. The van der Waals surface area contributed by atoms with Crippen LogP contribution in [0.3, 0.4) is 0 Å². The minimum atomic E-state index is 0.112. The van der Waals surface area contributed by atoms with Crippen molar-refractivity contribution in [3.8, 4) is 0 Å². The van der Waals surface area contributed by atoms with Crippen LogP contribution in [0, 0.1) is 13.8 Å². The van der Waals surface area contributed by atoms with Gasteiger partial charge in [0, 0.05) is 28.0 Å². The molecule has 4 rings (SSSR count). The largest absolute Gasteiger partial charge is 0.366 e. The van der Waals surface area contributed by atoms with Crippen molar-refractivity contribution in [3.05, 3.63) is 51.3 Å². The normalized spacial score (nSPS) is 17.0. The lowest BCUT2D eigenvalue weighted by Crippen LogP contribution is -2.32. The fourth-order valence-corrected chi connectivity index (χ4v) is 4.09. The summed E-state index contributed by atoms with van der Waals surface area (Å²) < 4.78 is 2.65. The molecular weight excluding hydrogens is 408 g/mol. The Morgan fingerprint density at radius 2 is 2.00 bits per heavy atom. The number of nitrogens with two attached hydrogens (primary N) is 1. The number of nitrogen functional groups attached to an aromatic ring is 1. The first-order valence-corrected chi connectivity index (χ1v) is 9.76. The van der Waals surface area contributed by atoms with Crippen LogP contribution in [0.4, 0.5) is 5.95 Å². The van der Waals surface area contributed by atoms with Crippen molar-refractivity contribution in [2.24, 2.45) is 0 Å². The first-order chi connectivity index (χ1) is 12.9. The number of nitrogens with zero attached hydrogens (tertiary/aromatic N) is 5. The number of carbonyl (C=O) groups excluding carboxylic acids is 1. The molecule has 2 aromatic heterocycles. The number of hydrogen-bond acceptors (Lipinski definition) is 5. The van der Waals surface area contributed by atoms with Crippen LogP contribution in [0.25, 0.3) is 5.78 Å². The highest BCUT2D eigenvalue weighted by Gasteiger charge is 2.30. The van der Waals surface area contributed by atoms with E-state index in [1.165, 1.54) is 5.56 Å². The van der Waals surface area contributed by atoms with Crippen LogP contribution in [0.1, 0.15) is 41.4 Å². The van der Waals surface area contributed by atoms with Crippen LogP contribution in [0.5, 0.6) is 0 Å². The van der Waals surface area contributed by atoms with Crippen LogP contribution < -0.4 is 5.73 Å². The fraction of sp³-hybridized carbons (Fsp3) is 0.368. The van der Waals surface area contributed by atoms with Crippen LogP contribution in [0.15, 0.2) is 28.7 Å². The van der Waals surface area contributed by atoms with Gasteiger partial charge >= 0.3 is 0 Å². The Bertz CT molecular complexity index is 1010. The molecule has 140 valence electrons. The molecule has 1 aliphatic rings. The number of rotatable bonds is 3. The van der Waals surface area contributed by atoms with Gasteiger partial charge in [0.1, 0.15) is 0 Å². The third kappa shape index (κ3) is 3.29. The third-order valence-electron chi connectivity index (χ3n) is 5.22. The predicted octanol–water partition coefficient (Wildman–Crippen LogP) is 2.99. The van der Waals surface area contributed by atoms with Crippen molar-refractivity contribution >= 4 is 33.6 Å². The van der Waals surface area contributed by atoms with Crippen molar-refractivity contribution in [3.63, 3.8) is 0 Å². The van der Waals surface area contributed by atoms with E-state index in [-0.39, 0.29) is 17.9 Å². The predicted molar refractivity (Wildman–Crippen MR) is 106 cm³/mol. The number of fused-ring (bicyclic) bond motifs is 1. The average Bonchev–Trinajstić information content (AvgIpc) is 3.25. The molecule has 8 heteroatoms. The van der Waals surface area contributed by atoms with E-state index < -0.39 is 0 Å². The Morgan fingerprint density at radius 3 is 2.74 bits per heavy atom. The topological polar surface area (TPSA) is 89.4 Å². The van der Waals surface area contributed by atoms with E-state index in [2.05, 4.69) is 43.1 Å². The molecule has 1 atom stereocenters. The van der Waals surface area contributed by atoms with Gasteiger partial charge in [0.05, 0.1) is 12.5 Å². The van der Waals surface area contributed by atoms with Gasteiger partial charge in [0.25, 0.3) is 5.78 Å². The van der Waals surface area contributed by atoms with Gasteiger partial charge in [-0.05, 0) is 44.4 Å². The first-order valence-electron chi connectivity index (χ1n) is 8.97. The third-order valence-corrected chi connectivity index (χ3v) is 5.75. The number of anilines is 1. The molecule has 0 radical (unpaired) electrons. The summed E-state index contributed by atoms with van der Waals surface area (Å²) >= 11 is 3.47. The van der Waals surface area contributed by atoms with Gasteiger partial charge in [0.15, 0.2) is 0 Å². The monoisotopic (exact) mass is 428 g/mol. The molecule has 27 heavy (non-hydrogen) atoms. The molecule has 1 amide bonds. The van der Waals surface area contributed by atoms with Gasteiger partial charge in [-0.3, -0.25) is 4.79 Å². The summed E-state index contributed by atoms with van der Waals surface area (Å²) in [5, 5.41) is 4.18. The van der Waals surface area contributed by atoms with Crippen molar-refractivity contribution in [1.29, 1.82) is 0 Å². The van der Waals surface area contributed by atoms with E-state index in [1.807, 2.05) is 30.9 Å². The summed E-state index contributed by atoms with van der Waals surface area (Å²) in [5.41, 5.74) is 9.40. The summed E-state index contributed by atoms with van der Waals surface area (Å²) in [4.78, 5) is 23.7. The number of aromatic nitrogens is 4. The van der Waals surface area contributed by atoms with Gasteiger partial charge in [-0.25, -0.2) is 4.98 Å². The minimum Gasteiger partial charge on any atom is -0.366 e. The summed E-state index contributed by atoms with van der Waals surface area (Å²) in [6.07, 6.45) is 2.30. The molecule has 1 aliphatic heterocycles. The second-order valence-corrected chi connectivity index (χ2v) is 7.83. The zero-order chi connectivity index (χ0) is 19.1. The van der Waals surface area contributed by atoms with E-state index in [0.717, 1.165) is 40.8 Å². The molecule has 1 saturated heterocycles. The lowest BCUT2D eigenvalue weighted by atomic mass is 10.0. The fourth-order valence-electron chi connectivity index (χ4n) is 3.83. The molecule has 1 fully saturated rings. The molecule has 0 spiro atoms. The Morgan fingerprint density at radius 1 is 1.26 bits per heavy atom. The van der Waals surface area contributed by atoms with E-state index >= 15 is 0 Å². The van der Waals surface area contributed by atoms with Crippen LogP contribution in [-0.2, 0) is 11.2 Å². The molecule has 2 N–H and O–H groups in total. The molecule has 0 saturated carbocycles. The zero-order valence-electron chi connectivity index (χ0n) is 15.3. The lowest BCUT2D eigenvalue weighted by Gasteiger charge is -2.26. The van der Waals surface area contributed by atoms with Crippen molar-refractivity contribution in [2.45, 2.75) is 39.2 Å². The summed E-state index contributed by atoms with van der Waals surface area (Å²) in [6.45, 7) is 4.61. The Labute approximate surface area is 165 Å². The van der Waals surface area contributed by atoms with Crippen LogP contribution >= 0.6 is 15.9 Å². The van der Waals surface area contributed by atoms with E-state index in [4.69, 9.17) is 5.73 Å². The number of amides is 1. The maximum absolute atomic E-state index is 13.1. The Hall–Kier alpha value is -2.48. The standard InChI is InChI=1S/C19H21BrN6O/c1-11-15(12(2)26-19(22-11)23-18(21)24-26)10-17(27)25-9-3-4-16(25)13-5-7-14(20)8-6-13/h5-8,16H,3-4,9-10H2,1-2H3,(H2,21,24). The van der Waals surface area contributed by atoms with Crippen molar-refractivity contribution in [2.75, 3.05) is 12.3 Å². The SMILES string of the molecule is Cc1nc2nc(N)nn2c(C)c1CC(=O)N1CCCC1c1ccc(Br)cc1. The highest BCUT2D eigenvalue weighted by molar-refractivity contribution is 9.10. The lowest BCUT2D eigenvalue weighted by molar-refractivity contribution is -0.131. The van der Waals surface area contributed by atoms with Gasteiger partial charge < -0.3 is 10.6 Å². The summed E-state index contributed by atoms with van der Waals surface area (Å²) in [7, 11) is 0. The van der Waals surface area contributed by atoms with E-state index in [9.17, 15) is 4.79 Å². The van der Waals surface area contributed by atoms with Crippen molar-refractivity contribution in [1.82, 2.24) is 24.5 Å². The molecule has 0 aliphatic carbocycles. The molecule has 3 aromatic rings. The molecule has 0 bridgehead atoms. The van der Waals surface area contributed by atoms with Gasteiger partial charge in [-0.1, -0.05) is 28.1 Å². The number of aryl methyl sites for hydroxylation is 2. The number of hydrogen-bond donors (Lipinski definition) is 1. The molecule has 1 aromatic carbocycles. The molecule has 1 unspecified atom stereocenters. The molecular formula is C19H21BrN6O. The van der Waals surface area contributed by atoms with E-state index in [1.54, 1.807) is 4.52 Å². The number of likely N-dealkylation sites (tertiary alicyclic amines) is 1. The highest BCUT2D eigenvalue weighted by Crippen LogP contribution is 2.33. The number of carbonyl (C=O) groups is 1. The van der Waals surface area contributed by atoms with Gasteiger partial charge in [0.2, 0.25) is 11.9 Å². The average molecular weight is 429 g/mol. The van der Waals surface area contributed by atoms with Crippen LogP contribution in [-0.4, -0.2) is 36.9 Å². The highest BCUT2D eigenvalue weighted by atomic mass is 79.9. The maximum atomic E-state index is 13.1. The molecule has 3 heterocycles. The maximum Gasteiger partial charge on any atom is 0.254 e. The van der Waals surface area contributed by atoms with Crippen LogP contribution in [0.2, 0.25) is 0 Å². The van der Waals surface area contributed by atoms with Gasteiger partial charge in [-0.15, -0.1) is 5.10 Å². The summed E-state index contributed by atoms with van der Waals surface area (Å²) in [6, 6.07) is 8.35. The molecule has 7 nitrogen and oxygen atoms in total. The second kappa shape index (κ2) is 6.92. The quantitative estimate of drug-likeness (QED) is 0.692. The van der Waals surface area contributed by atoms with E-state index in [0.29, 0.717) is 12.2 Å². The van der Waals surface area contributed by atoms with Crippen molar-refractivity contribution < 1.29 is 4.79 Å². The summed E-state index contributed by atoms with van der Waals surface area (Å²) in [5.74, 6) is 0.761. The zero-order valence-corrected chi connectivity index (χ0v) is 16.9. The smallest absolute Gasteiger partial charge is 0.254 e. The Kier molecular flexibility index (Phi) is 4.59. The Balaban J connectivity index is 1.61. The number of halogens is 1. The first kappa shape index (κ1) is 17.9. The number of benzene rings is 1. The minimum absolute atomic E-state index is 0.112. The van der Waals surface area contributed by atoms with Gasteiger partial charge in [-0.2, -0.15) is 9.50 Å².